The van der Waals surface area contributed by atoms with Crippen LogP contribution in [-0.4, -0.2) is 12.4 Å². The monoisotopic (exact) mass is 236 g/mol. The molecule has 0 unspecified atom stereocenters. The Hall–Kier alpha value is -1.38. The highest BCUT2D eigenvalue weighted by molar-refractivity contribution is 5.96. The molecule has 1 saturated carbocycles. The van der Waals surface area contributed by atoms with E-state index in [1.54, 1.807) is 0 Å². The summed E-state index contributed by atoms with van der Waals surface area (Å²) in [5.74, 6) is 0.477. The molecular formula is C14H17FO2. The first-order valence-electron chi connectivity index (χ1n) is 6.10. The predicted molar refractivity (Wildman–Crippen MR) is 63.9 cm³/mol. The number of benzene rings is 1. The highest BCUT2D eigenvalue weighted by atomic mass is 19.1. The van der Waals surface area contributed by atoms with Gasteiger partial charge in [0.15, 0.2) is 5.78 Å². The van der Waals surface area contributed by atoms with Crippen molar-refractivity contribution in [3.63, 3.8) is 0 Å². The van der Waals surface area contributed by atoms with Crippen LogP contribution >= 0.6 is 0 Å². The van der Waals surface area contributed by atoms with Gasteiger partial charge in [-0.2, -0.15) is 0 Å². The highest BCUT2D eigenvalue weighted by Crippen LogP contribution is 2.27. The lowest BCUT2D eigenvalue weighted by molar-refractivity contribution is 0.101. The predicted octanol–water partition coefficient (Wildman–Crippen LogP) is 3.60. The van der Waals surface area contributed by atoms with E-state index in [1.807, 2.05) is 0 Å². The first kappa shape index (κ1) is 12.1. The second kappa shape index (κ2) is 5.30. The minimum absolute atomic E-state index is 0.0913. The zero-order valence-corrected chi connectivity index (χ0v) is 10.0. The van der Waals surface area contributed by atoms with E-state index in [9.17, 15) is 9.18 Å². The Morgan fingerprint density at radius 1 is 1.41 bits per heavy atom. The molecule has 1 fully saturated rings. The van der Waals surface area contributed by atoms with Gasteiger partial charge in [0.2, 0.25) is 0 Å². The third kappa shape index (κ3) is 3.05. The molecular weight excluding hydrogens is 219 g/mol. The molecule has 1 aliphatic carbocycles. The van der Waals surface area contributed by atoms with Gasteiger partial charge in [0.1, 0.15) is 11.6 Å². The summed E-state index contributed by atoms with van der Waals surface area (Å²) < 4.78 is 18.7. The zero-order valence-electron chi connectivity index (χ0n) is 10.0. The Kier molecular flexibility index (Phi) is 3.77. The maximum atomic E-state index is 13.1. The van der Waals surface area contributed by atoms with Crippen molar-refractivity contribution < 1.29 is 13.9 Å². The number of ketones is 1. The van der Waals surface area contributed by atoms with Gasteiger partial charge >= 0.3 is 0 Å². The number of carbonyl (C=O) groups is 1. The molecule has 0 N–H and O–H groups in total. The summed E-state index contributed by atoms with van der Waals surface area (Å²) >= 11 is 0. The zero-order chi connectivity index (χ0) is 12.3. The molecule has 0 radical (unpaired) electrons. The van der Waals surface area contributed by atoms with E-state index in [4.69, 9.17) is 4.74 Å². The van der Waals surface area contributed by atoms with Crippen LogP contribution in [0.25, 0.3) is 0 Å². The van der Waals surface area contributed by atoms with Crippen LogP contribution in [-0.2, 0) is 0 Å². The van der Waals surface area contributed by atoms with Gasteiger partial charge in [0, 0.05) is 6.07 Å². The Balaban J connectivity index is 2.07. The first-order valence-corrected chi connectivity index (χ1v) is 6.10. The Morgan fingerprint density at radius 2 is 2.12 bits per heavy atom. The fraction of sp³-hybridized carbons (Fsp3) is 0.500. The second-order valence-corrected chi connectivity index (χ2v) is 4.66. The van der Waals surface area contributed by atoms with Gasteiger partial charge in [0.05, 0.1) is 12.2 Å². The average Bonchev–Trinajstić information content (AvgIpc) is 2.78. The van der Waals surface area contributed by atoms with Crippen molar-refractivity contribution >= 4 is 5.78 Å². The van der Waals surface area contributed by atoms with Gasteiger partial charge in [-0.05, 0) is 37.8 Å². The van der Waals surface area contributed by atoms with Gasteiger partial charge in [-0.15, -0.1) is 0 Å². The number of halogens is 1. The fourth-order valence-electron chi connectivity index (χ4n) is 2.29. The third-order valence-corrected chi connectivity index (χ3v) is 3.27. The lowest BCUT2D eigenvalue weighted by atomic mass is 10.1. The molecule has 0 amide bonds. The summed E-state index contributed by atoms with van der Waals surface area (Å²) in [6, 6.07) is 4.08. The minimum Gasteiger partial charge on any atom is -0.492 e. The van der Waals surface area contributed by atoms with E-state index in [2.05, 4.69) is 0 Å². The van der Waals surface area contributed by atoms with Crippen molar-refractivity contribution in [1.29, 1.82) is 0 Å². The van der Waals surface area contributed by atoms with Gasteiger partial charge in [-0.25, -0.2) is 4.39 Å². The summed E-state index contributed by atoms with van der Waals surface area (Å²) in [6.07, 6.45) is 4.84. The van der Waals surface area contributed by atoms with E-state index in [-0.39, 0.29) is 11.6 Å². The van der Waals surface area contributed by atoms with Crippen molar-refractivity contribution in [3.05, 3.63) is 29.6 Å². The molecule has 17 heavy (non-hydrogen) atoms. The summed E-state index contributed by atoms with van der Waals surface area (Å²) in [4.78, 5) is 11.4. The van der Waals surface area contributed by atoms with Gasteiger partial charge in [-0.1, -0.05) is 12.8 Å². The maximum absolute atomic E-state index is 13.1. The molecule has 3 heteroatoms. The molecule has 2 nitrogen and oxygen atoms in total. The summed E-state index contributed by atoms with van der Waals surface area (Å²) in [5.41, 5.74) is 0.462. The average molecular weight is 236 g/mol. The van der Waals surface area contributed by atoms with E-state index < -0.39 is 0 Å². The van der Waals surface area contributed by atoms with Crippen molar-refractivity contribution in [3.8, 4) is 5.75 Å². The summed E-state index contributed by atoms with van der Waals surface area (Å²) in [6.45, 7) is 2.05. The molecule has 92 valence electrons. The summed E-state index contributed by atoms with van der Waals surface area (Å²) in [5, 5.41) is 0. The lowest BCUT2D eigenvalue weighted by Crippen LogP contribution is -2.10. The first-order chi connectivity index (χ1) is 8.16. The highest BCUT2D eigenvalue weighted by Gasteiger charge is 2.17. The Morgan fingerprint density at radius 3 is 2.76 bits per heavy atom. The van der Waals surface area contributed by atoms with Crippen LogP contribution in [0.1, 0.15) is 43.0 Å². The lowest BCUT2D eigenvalue weighted by Gasteiger charge is -2.13. The molecule has 0 bridgehead atoms. The van der Waals surface area contributed by atoms with E-state index in [0.717, 1.165) is 0 Å². The van der Waals surface area contributed by atoms with Crippen LogP contribution in [0.4, 0.5) is 4.39 Å². The van der Waals surface area contributed by atoms with Crippen LogP contribution in [0.5, 0.6) is 5.75 Å². The molecule has 0 spiro atoms. The molecule has 0 saturated heterocycles. The standard InChI is InChI=1S/C14H17FO2/c1-10(16)13-7-6-12(15)8-14(13)17-9-11-4-2-3-5-11/h6-8,11H,2-5,9H2,1H3. The van der Waals surface area contributed by atoms with Crippen molar-refractivity contribution in [2.24, 2.45) is 5.92 Å². The molecule has 0 aromatic heterocycles. The molecule has 1 aromatic rings. The Bertz CT molecular complexity index is 409. The second-order valence-electron chi connectivity index (χ2n) is 4.66. The van der Waals surface area contributed by atoms with Crippen LogP contribution < -0.4 is 4.74 Å². The van der Waals surface area contributed by atoms with Gasteiger partial charge in [-0.3, -0.25) is 4.79 Å². The minimum atomic E-state index is -0.364. The van der Waals surface area contributed by atoms with Crippen molar-refractivity contribution in [1.82, 2.24) is 0 Å². The molecule has 1 aliphatic rings. The van der Waals surface area contributed by atoms with E-state index in [1.165, 1.54) is 50.8 Å². The van der Waals surface area contributed by atoms with Crippen molar-refractivity contribution in [2.45, 2.75) is 32.6 Å². The number of ether oxygens (including phenoxy) is 1. The topological polar surface area (TPSA) is 26.3 Å². The van der Waals surface area contributed by atoms with Crippen LogP contribution in [0.2, 0.25) is 0 Å². The molecule has 0 atom stereocenters. The number of hydrogen-bond acceptors (Lipinski definition) is 2. The van der Waals surface area contributed by atoms with Crippen molar-refractivity contribution in [2.75, 3.05) is 6.61 Å². The molecule has 0 heterocycles. The number of hydrogen-bond donors (Lipinski definition) is 0. The smallest absolute Gasteiger partial charge is 0.163 e. The maximum Gasteiger partial charge on any atom is 0.163 e. The van der Waals surface area contributed by atoms with E-state index in [0.29, 0.717) is 23.8 Å². The van der Waals surface area contributed by atoms with Crippen LogP contribution in [0.15, 0.2) is 18.2 Å². The number of rotatable bonds is 4. The van der Waals surface area contributed by atoms with Gasteiger partial charge < -0.3 is 4.74 Å². The van der Waals surface area contributed by atoms with Gasteiger partial charge in [0.25, 0.3) is 0 Å². The molecule has 1 aromatic carbocycles. The molecule has 0 aliphatic heterocycles. The summed E-state index contributed by atoms with van der Waals surface area (Å²) in [7, 11) is 0. The Labute approximate surface area is 101 Å². The third-order valence-electron chi connectivity index (χ3n) is 3.27. The largest absolute Gasteiger partial charge is 0.492 e. The van der Waals surface area contributed by atoms with E-state index >= 15 is 0 Å². The number of carbonyl (C=O) groups excluding carboxylic acids is 1. The van der Waals surface area contributed by atoms with Crippen LogP contribution in [0.3, 0.4) is 0 Å². The molecule has 2 rings (SSSR count). The van der Waals surface area contributed by atoms with Crippen LogP contribution in [0, 0.1) is 11.7 Å². The number of Topliss-reactive ketones (excluding diaryl/α,β-unsaturated/α-hetero) is 1. The normalized spacial score (nSPS) is 16.1. The SMILES string of the molecule is CC(=O)c1ccc(F)cc1OCC1CCCC1. The quantitative estimate of drug-likeness (QED) is 0.747. The fourth-order valence-corrected chi connectivity index (χ4v) is 2.29.